The zero-order valence-corrected chi connectivity index (χ0v) is 17.6. The minimum atomic E-state index is 0.910. The van der Waals surface area contributed by atoms with E-state index in [0.717, 1.165) is 55.8 Å². The Hall–Kier alpha value is -1.92. The van der Waals surface area contributed by atoms with Crippen LogP contribution in [0.15, 0.2) is 30.3 Å². The molecule has 1 saturated heterocycles. The van der Waals surface area contributed by atoms with Gasteiger partial charge in [-0.25, -0.2) is 4.68 Å². The highest BCUT2D eigenvalue weighted by atomic mass is 32.1. The molecule has 0 unspecified atom stereocenters. The van der Waals surface area contributed by atoms with Crippen LogP contribution < -0.4 is 5.32 Å². The zero-order chi connectivity index (χ0) is 19.2. The molecule has 0 radical (unpaired) electrons. The normalized spacial score (nSPS) is 15.1. The average molecular weight is 386 g/mol. The maximum Gasteiger partial charge on any atom is 0.169 e. The molecule has 0 aliphatic carbocycles. The van der Waals surface area contributed by atoms with E-state index in [1.54, 1.807) is 0 Å². The molecule has 1 aliphatic heterocycles. The third-order valence-corrected chi connectivity index (χ3v) is 5.69. The van der Waals surface area contributed by atoms with E-state index in [4.69, 9.17) is 17.3 Å². The lowest BCUT2D eigenvalue weighted by Gasteiger charge is -2.36. The summed E-state index contributed by atoms with van der Waals surface area (Å²) in [5, 5.41) is 9.07. The number of hydrogen-bond acceptors (Lipinski definition) is 3. The molecule has 27 heavy (non-hydrogen) atoms. The fourth-order valence-electron chi connectivity index (χ4n) is 3.54. The summed E-state index contributed by atoms with van der Waals surface area (Å²) in [7, 11) is 0. The number of benzene rings is 1. The van der Waals surface area contributed by atoms with Gasteiger partial charge in [0, 0.05) is 50.5 Å². The molecule has 0 amide bonds. The number of unbranched alkanes of at least 4 members (excludes halogenated alkanes) is 1. The van der Waals surface area contributed by atoms with Gasteiger partial charge >= 0.3 is 0 Å². The van der Waals surface area contributed by atoms with Crippen LogP contribution in [0.2, 0.25) is 0 Å². The fraction of sp³-hybridized carbons (Fsp3) is 0.524. The number of piperazine rings is 1. The molecule has 1 fully saturated rings. The van der Waals surface area contributed by atoms with Crippen molar-refractivity contribution in [3.05, 3.63) is 47.3 Å². The highest BCUT2D eigenvalue weighted by Gasteiger charge is 2.21. The third-order valence-electron chi connectivity index (χ3n) is 5.29. The lowest BCUT2D eigenvalue weighted by molar-refractivity contribution is 0.174. The van der Waals surface area contributed by atoms with Gasteiger partial charge in [-0.3, -0.25) is 4.90 Å². The third kappa shape index (κ3) is 4.87. The van der Waals surface area contributed by atoms with Gasteiger partial charge in [-0.15, -0.1) is 0 Å². The zero-order valence-electron chi connectivity index (χ0n) is 16.7. The van der Waals surface area contributed by atoms with Crippen LogP contribution in [0.1, 0.15) is 36.7 Å². The molecule has 1 N–H and O–H groups in total. The second-order valence-electron chi connectivity index (χ2n) is 7.25. The molecular formula is C21H31N5S. The Kier molecular flexibility index (Phi) is 6.85. The minimum Gasteiger partial charge on any atom is -0.363 e. The van der Waals surface area contributed by atoms with E-state index in [9.17, 15) is 0 Å². The van der Waals surface area contributed by atoms with Gasteiger partial charge in [0.2, 0.25) is 0 Å². The van der Waals surface area contributed by atoms with Crippen LogP contribution >= 0.6 is 12.2 Å². The molecule has 2 aromatic rings. The van der Waals surface area contributed by atoms with Crippen molar-refractivity contribution in [1.82, 2.24) is 24.9 Å². The van der Waals surface area contributed by atoms with Crippen LogP contribution in [0, 0.1) is 13.8 Å². The van der Waals surface area contributed by atoms with Gasteiger partial charge in [0.15, 0.2) is 5.11 Å². The molecule has 6 heteroatoms. The molecule has 0 bridgehead atoms. The molecule has 5 nitrogen and oxygen atoms in total. The van der Waals surface area contributed by atoms with Gasteiger partial charge in [0.25, 0.3) is 0 Å². The van der Waals surface area contributed by atoms with Gasteiger partial charge in [0.1, 0.15) is 0 Å². The predicted molar refractivity (Wildman–Crippen MR) is 115 cm³/mol. The lowest BCUT2D eigenvalue weighted by atomic mass is 10.1. The smallest absolute Gasteiger partial charge is 0.169 e. The average Bonchev–Trinajstić information content (AvgIpc) is 2.97. The van der Waals surface area contributed by atoms with Gasteiger partial charge in [-0.2, -0.15) is 5.10 Å². The van der Waals surface area contributed by atoms with E-state index in [1.165, 1.54) is 24.1 Å². The van der Waals surface area contributed by atoms with Crippen molar-refractivity contribution in [3.63, 3.8) is 0 Å². The fourth-order valence-corrected chi connectivity index (χ4v) is 3.83. The standard InChI is InChI=1S/C21H31N5S/c1-4-5-11-22-21(27)25-14-12-24(13-15-25)16-20-17(2)23-26(18(20)3)19-9-7-6-8-10-19/h6-10H,4-5,11-16H2,1-3H3,(H,22,27). The number of aryl methyl sites for hydroxylation is 1. The SMILES string of the molecule is CCCCNC(=S)N1CCN(Cc2c(C)nn(-c3ccccc3)c2C)CC1. The summed E-state index contributed by atoms with van der Waals surface area (Å²) < 4.78 is 2.06. The Morgan fingerprint density at radius 3 is 2.48 bits per heavy atom. The summed E-state index contributed by atoms with van der Waals surface area (Å²) in [6.45, 7) is 12.5. The number of aromatic nitrogens is 2. The molecule has 1 aromatic carbocycles. The number of hydrogen-bond donors (Lipinski definition) is 1. The number of para-hydroxylation sites is 1. The largest absolute Gasteiger partial charge is 0.363 e. The first-order valence-electron chi connectivity index (χ1n) is 9.95. The van der Waals surface area contributed by atoms with Crippen molar-refractivity contribution in [3.8, 4) is 5.69 Å². The van der Waals surface area contributed by atoms with E-state index < -0.39 is 0 Å². The number of nitrogens with one attached hydrogen (secondary N) is 1. The highest BCUT2D eigenvalue weighted by molar-refractivity contribution is 7.80. The van der Waals surface area contributed by atoms with E-state index in [2.05, 4.69) is 64.8 Å². The molecule has 1 aromatic heterocycles. The Balaban J connectivity index is 1.58. The Morgan fingerprint density at radius 1 is 1.11 bits per heavy atom. The second kappa shape index (κ2) is 9.33. The van der Waals surface area contributed by atoms with Crippen LogP contribution in [0.3, 0.4) is 0 Å². The van der Waals surface area contributed by atoms with Crippen molar-refractivity contribution in [1.29, 1.82) is 0 Å². The van der Waals surface area contributed by atoms with Gasteiger partial charge in [-0.1, -0.05) is 31.5 Å². The minimum absolute atomic E-state index is 0.910. The molecule has 0 spiro atoms. The monoisotopic (exact) mass is 385 g/mol. The maximum absolute atomic E-state index is 5.54. The first-order valence-corrected chi connectivity index (χ1v) is 10.4. The topological polar surface area (TPSA) is 36.3 Å². The van der Waals surface area contributed by atoms with E-state index in [0.29, 0.717) is 0 Å². The van der Waals surface area contributed by atoms with Gasteiger partial charge < -0.3 is 10.2 Å². The van der Waals surface area contributed by atoms with E-state index >= 15 is 0 Å². The summed E-state index contributed by atoms with van der Waals surface area (Å²) in [6, 6.07) is 10.4. The summed E-state index contributed by atoms with van der Waals surface area (Å²) in [5.74, 6) is 0. The molecule has 146 valence electrons. The molecule has 3 rings (SSSR count). The van der Waals surface area contributed by atoms with E-state index in [1.807, 2.05) is 6.07 Å². The molecule has 0 atom stereocenters. The van der Waals surface area contributed by atoms with E-state index in [-0.39, 0.29) is 0 Å². The van der Waals surface area contributed by atoms with Gasteiger partial charge in [-0.05, 0) is 44.6 Å². The van der Waals surface area contributed by atoms with Gasteiger partial charge in [0.05, 0.1) is 11.4 Å². The second-order valence-corrected chi connectivity index (χ2v) is 7.63. The van der Waals surface area contributed by atoms with Crippen LogP contribution in [-0.4, -0.2) is 57.4 Å². The quantitative estimate of drug-likeness (QED) is 0.610. The Bertz CT molecular complexity index is 747. The van der Waals surface area contributed by atoms with Crippen molar-refractivity contribution in [2.24, 2.45) is 0 Å². The molecular weight excluding hydrogens is 354 g/mol. The maximum atomic E-state index is 5.54. The first kappa shape index (κ1) is 19.8. The van der Waals surface area contributed by atoms with Crippen molar-refractivity contribution < 1.29 is 0 Å². The van der Waals surface area contributed by atoms with Crippen molar-refractivity contribution in [2.75, 3.05) is 32.7 Å². The molecule has 1 aliphatic rings. The molecule has 2 heterocycles. The Labute approximate surface area is 168 Å². The highest BCUT2D eigenvalue weighted by Crippen LogP contribution is 2.20. The Morgan fingerprint density at radius 2 is 1.81 bits per heavy atom. The number of rotatable bonds is 6. The van der Waals surface area contributed by atoms with Crippen LogP contribution in [0.4, 0.5) is 0 Å². The predicted octanol–water partition coefficient (Wildman–Crippen LogP) is 3.28. The summed E-state index contributed by atoms with van der Waals surface area (Å²) in [5.41, 5.74) is 4.82. The summed E-state index contributed by atoms with van der Waals surface area (Å²) in [6.07, 6.45) is 2.36. The summed E-state index contributed by atoms with van der Waals surface area (Å²) in [4.78, 5) is 4.81. The first-order chi connectivity index (χ1) is 13.1. The summed E-state index contributed by atoms with van der Waals surface area (Å²) >= 11 is 5.54. The van der Waals surface area contributed by atoms with Crippen LogP contribution in [-0.2, 0) is 6.54 Å². The van der Waals surface area contributed by atoms with Crippen molar-refractivity contribution in [2.45, 2.75) is 40.2 Å². The lowest BCUT2D eigenvalue weighted by Crippen LogP contribution is -2.51. The van der Waals surface area contributed by atoms with Crippen LogP contribution in [0.25, 0.3) is 5.69 Å². The number of thiocarbonyl (C=S) groups is 1. The van der Waals surface area contributed by atoms with Crippen molar-refractivity contribution >= 4 is 17.3 Å². The van der Waals surface area contributed by atoms with Crippen LogP contribution in [0.5, 0.6) is 0 Å². The molecule has 0 saturated carbocycles. The number of nitrogens with zero attached hydrogens (tertiary/aromatic N) is 4.